The van der Waals surface area contributed by atoms with Crippen LogP contribution in [0, 0.1) is 41.4 Å². The van der Waals surface area contributed by atoms with Crippen molar-refractivity contribution in [3.63, 3.8) is 0 Å². The van der Waals surface area contributed by atoms with Crippen molar-refractivity contribution in [2.45, 2.75) is 274 Å². The second-order valence-corrected chi connectivity index (χ2v) is 32.1. The topological polar surface area (TPSA) is 279 Å². The Morgan fingerprint density at radius 2 is 1.18 bits per heavy atom. The first-order chi connectivity index (χ1) is 48.2. The van der Waals surface area contributed by atoms with Crippen molar-refractivity contribution in [3.8, 4) is 0 Å². The normalized spacial score (nSPS) is 32.8. The fourth-order valence-corrected chi connectivity index (χ4v) is 16.8. The van der Waals surface area contributed by atoms with E-state index in [0.29, 0.717) is 57.3 Å². The lowest BCUT2D eigenvalue weighted by atomic mass is 9.78. The summed E-state index contributed by atoms with van der Waals surface area (Å²) >= 11 is 6.46. The molecule has 4 saturated carbocycles. The molecular formula is C74H122ClF3N12O13. The smallest absolute Gasteiger partial charge is 0.381 e. The first-order valence-electron chi connectivity index (χ1n) is 37.8. The number of nitrogens with zero attached hydrogens (tertiary/aromatic N) is 9. The molecule has 584 valence electrons. The van der Waals surface area contributed by atoms with Crippen LogP contribution in [0.1, 0.15) is 196 Å². The number of halogens is 4. The predicted molar refractivity (Wildman–Crippen MR) is 383 cm³/mol. The molecule has 29 heteroatoms. The highest BCUT2D eigenvalue weighted by molar-refractivity contribution is 6.21. The Kier molecular flexibility index (Phi) is 31.0. The molecule has 0 aromatic carbocycles. The average molecular weight is 1480 g/mol. The van der Waals surface area contributed by atoms with E-state index in [9.17, 15) is 46.7 Å². The summed E-state index contributed by atoms with van der Waals surface area (Å²) < 4.78 is 48.1. The molecule has 6 fully saturated rings. The van der Waals surface area contributed by atoms with Crippen molar-refractivity contribution < 1.29 is 75.4 Å². The lowest BCUT2D eigenvalue weighted by Crippen LogP contribution is -2.65. The van der Waals surface area contributed by atoms with E-state index >= 15 is 24.0 Å². The number of hydrogen-bond acceptors (Lipinski definition) is 13. The Labute approximate surface area is 614 Å². The minimum Gasteiger partial charge on any atom is -0.381 e. The minimum atomic E-state index is -4.53. The van der Waals surface area contributed by atoms with Crippen molar-refractivity contribution >= 4 is 82.5 Å². The van der Waals surface area contributed by atoms with Crippen LogP contribution in [-0.2, 0) is 62.3 Å². The third-order valence-electron chi connectivity index (χ3n) is 24.5. The van der Waals surface area contributed by atoms with Gasteiger partial charge < -0.3 is 64.8 Å². The molecule has 12 amide bonds. The molecule has 0 bridgehead atoms. The number of likely N-dealkylation sites (N-methyl/N-ethyl adjacent to an activating group) is 8. The molecule has 4 aliphatic carbocycles. The third-order valence-corrected chi connectivity index (χ3v) is 24.9. The molecule has 0 aromatic heterocycles. The van der Waals surface area contributed by atoms with E-state index in [4.69, 9.17) is 16.3 Å². The van der Waals surface area contributed by atoms with Gasteiger partial charge in [-0.1, -0.05) is 86.0 Å². The maximum atomic E-state index is 15.7. The summed E-state index contributed by atoms with van der Waals surface area (Å²) in [6.07, 6.45) is 3.23. The standard InChI is InChI=1S/C74H122ClF3N12O13/c1-18-44(4)61-70(100)85(12)47(7)65(95)90-37-34-55(90)69(99)87(14)57(40-49-24-22-43(3)23-25-49)68(98)83(10)42-59(91)79-54(33-29-48-28-32-52(53(75)38-48)74(76,77)78)66(96)86(13)56(39-50-26-30-51(103-17)31-27-50)64(94)81-73(35-20-21-36-73)72(102)89(16)62(45(5)19-2)71(101)88(15)58(67(97)82(8)9)41-60(92)84(11)46(6)63(93)80-61/h43-58,61-62H,18-42H2,1-17H3,(H,79,91)(H,80,93)(H,81,94)/t43?,44-,45-,46-,47-,48?,49?,50?,51?,52?,53?,54-,55-,56-,57-,58-,61-,62-/m0/s1. The van der Waals surface area contributed by atoms with E-state index in [1.807, 2.05) is 13.8 Å². The maximum absolute atomic E-state index is 15.7. The van der Waals surface area contributed by atoms with E-state index < -0.39 is 179 Å². The SMILES string of the molecule is CC[C@H](C)[C@@H]1NC(=O)[C@H](C)N(C)C(=O)C[C@@H](C(=O)N(C)C)N(C)C(=O)[C@H]([C@@H](C)CC)N(C)C(=O)C2(CCCC2)NC(=O)[C@H](CC2CCC(OC)CC2)N(C)C(=O)[C@H](CCC2CCC(C(F)(F)F)C(Cl)C2)NC(=O)CN(C)C(=O)[C@H](CC2CCC(C)CC2)N(C)C(=O)[C@@H]2CCN2C(=O)[C@H](C)N(C)C1=O. The van der Waals surface area contributed by atoms with Gasteiger partial charge in [0.1, 0.15) is 59.9 Å². The van der Waals surface area contributed by atoms with Crippen LogP contribution in [0.15, 0.2) is 0 Å². The van der Waals surface area contributed by atoms with Crippen LogP contribution in [0.2, 0.25) is 0 Å². The molecule has 0 radical (unpaired) electrons. The first-order valence-corrected chi connectivity index (χ1v) is 38.2. The molecule has 2 aliphatic heterocycles. The lowest BCUT2D eigenvalue weighted by molar-refractivity contribution is -0.182. The summed E-state index contributed by atoms with van der Waals surface area (Å²) in [5.41, 5.74) is -1.62. The molecule has 2 saturated heterocycles. The Bertz CT molecular complexity index is 3000. The summed E-state index contributed by atoms with van der Waals surface area (Å²) in [5, 5.41) is 7.57. The Balaban J connectivity index is 1.46. The fraction of sp³-hybridized carbons (Fsp3) is 0.838. The zero-order valence-corrected chi connectivity index (χ0v) is 65.2. The van der Waals surface area contributed by atoms with Crippen LogP contribution in [0.4, 0.5) is 13.2 Å². The summed E-state index contributed by atoms with van der Waals surface area (Å²) in [4.78, 5) is 191. The third kappa shape index (κ3) is 20.9. The van der Waals surface area contributed by atoms with Gasteiger partial charge in [0, 0.05) is 82.5 Å². The summed E-state index contributed by atoms with van der Waals surface area (Å²) in [6, 6.07) is -11.2. The molecule has 25 nitrogen and oxygen atoms in total. The molecular weight excluding hydrogens is 1360 g/mol. The molecule has 2 heterocycles. The van der Waals surface area contributed by atoms with Gasteiger partial charge >= 0.3 is 6.18 Å². The van der Waals surface area contributed by atoms with E-state index in [2.05, 4.69) is 22.9 Å². The van der Waals surface area contributed by atoms with Crippen LogP contribution < -0.4 is 16.0 Å². The van der Waals surface area contributed by atoms with Crippen molar-refractivity contribution in [3.05, 3.63) is 0 Å². The quantitative estimate of drug-likeness (QED) is 0.173. The van der Waals surface area contributed by atoms with Crippen LogP contribution in [0.25, 0.3) is 0 Å². The molecule has 103 heavy (non-hydrogen) atoms. The van der Waals surface area contributed by atoms with E-state index in [-0.39, 0.29) is 88.7 Å². The van der Waals surface area contributed by atoms with Crippen LogP contribution in [0.3, 0.4) is 0 Å². The van der Waals surface area contributed by atoms with E-state index in [1.54, 1.807) is 21.0 Å². The molecule has 6 rings (SSSR count). The zero-order chi connectivity index (χ0) is 77.0. The number of rotatable bonds is 13. The molecule has 0 aromatic rings. The highest BCUT2D eigenvalue weighted by atomic mass is 35.5. The highest BCUT2D eigenvalue weighted by Gasteiger charge is 2.52. The number of alkyl halides is 4. The van der Waals surface area contributed by atoms with Gasteiger partial charge in [-0.25, -0.2) is 0 Å². The Morgan fingerprint density at radius 1 is 0.621 bits per heavy atom. The maximum Gasteiger partial charge on any atom is 0.393 e. The Morgan fingerprint density at radius 3 is 1.72 bits per heavy atom. The van der Waals surface area contributed by atoms with Gasteiger partial charge in [-0.3, -0.25) is 57.5 Å². The fourth-order valence-electron chi connectivity index (χ4n) is 16.3. The number of carbonyl (C=O) groups is 12. The second-order valence-electron chi connectivity index (χ2n) is 31.6. The van der Waals surface area contributed by atoms with Crippen LogP contribution >= 0.6 is 11.6 Å². The van der Waals surface area contributed by atoms with Crippen molar-refractivity contribution in [1.29, 1.82) is 0 Å². The van der Waals surface area contributed by atoms with Gasteiger partial charge in [-0.15, -0.1) is 11.6 Å². The largest absolute Gasteiger partial charge is 0.393 e. The van der Waals surface area contributed by atoms with Crippen LogP contribution in [0.5, 0.6) is 0 Å². The first kappa shape index (κ1) is 85.6. The number of ether oxygens (including phenoxy) is 1. The zero-order valence-electron chi connectivity index (χ0n) is 64.4. The summed E-state index contributed by atoms with van der Waals surface area (Å²) in [6.45, 7) is 11.8. The van der Waals surface area contributed by atoms with Gasteiger partial charge in [0.15, 0.2) is 0 Å². The molecule has 6 aliphatic rings. The van der Waals surface area contributed by atoms with Gasteiger partial charge in [0.05, 0.1) is 25.0 Å². The number of fused-ring (bicyclic) bond motifs is 1. The van der Waals surface area contributed by atoms with Gasteiger partial charge in [0.25, 0.3) is 0 Å². The predicted octanol–water partition coefficient (Wildman–Crippen LogP) is 6.21. The molecule has 3 unspecified atom stereocenters. The highest BCUT2D eigenvalue weighted by Crippen LogP contribution is 2.44. The lowest BCUT2D eigenvalue weighted by Gasteiger charge is -2.45. The summed E-state index contributed by atoms with van der Waals surface area (Å²) in [5.74, 6) is -10.8. The Hall–Kier alpha value is -6.32. The number of hydrogen-bond donors (Lipinski definition) is 3. The van der Waals surface area contributed by atoms with E-state index in [1.165, 1.54) is 112 Å². The van der Waals surface area contributed by atoms with Gasteiger partial charge in [-0.05, 0) is 139 Å². The van der Waals surface area contributed by atoms with E-state index in [0.717, 1.165) is 35.5 Å². The molecule has 3 N–H and O–H groups in total. The van der Waals surface area contributed by atoms with Crippen molar-refractivity contribution in [2.24, 2.45) is 41.4 Å². The number of carbonyl (C=O) groups excluding carboxylic acids is 12. The van der Waals surface area contributed by atoms with Gasteiger partial charge in [0.2, 0.25) is 70.9 Å². The van der Waals surface area contributed by atoms with Crippen LogP contribution in [-0.4, -0.2) is 276 Å². The van der Waals surface area contributed by atoms with Crippen molar-refractivity contribution in [2.75, 3.05) is 83.6 Å². The summed E-state index contributed by atoms with van der Waals surface area (Å²) in [7, 11) is 14.5. The second kappa shape index (κ2) is 37.3. The van der Waals surface area contributed by atoms with Crippen molar-refractivity contribution in [1.82, 2.24) is 60.0 Å². The minimum absolute atomic E-state index is 0.00755. The molecule has 14 atom stereocenters. The monoisotopic (exact) mass is 1480 g/mol. The molecule has 1 spiro atoms. The average Bonchev–Trinajstić information content (AvgIpc) is 1.56. The number of nitrogens with one attached hydrogen (secondary N) is 3. The number of methoxy groups -OCH3 is 1. The van der Waals surface area contributed by atoms with Gasteiger partial charge in [-0.2, -0.15) is 13.2 Å². The number of amides is 12.